The van der Waals surface area contributed by atoms with Gasteiger partial charge in [-0.2, -0.15) is 4.72 Å². The Bertz CT molecular complexity index is 900. The third-order valence-electron chi connectivity index (χ3n) is 4.39. The van der Waals surface area contributed by atoms with Gasteiger partial charge in [-0.3, -0.25) is 4.79 Å². The molecule has 0 bridgehead atoms. The molecular formula is C20H25ClN2O4S. The molecule has 1 atom stereocenters. The normalized spacial score (nSPS) is 12.4. The Hall–Kier alpha value is -2.09. The SMILES string of the molecule is CCN(CC)C(=O)[C@@H](Cc1ccccc1)NS(=O)(=O)c1ccc(OC)c(Cl)c1. The second-order valence-electron chi connectivity index (χ2n) is 6.17. The number of ether oxygens (including phenoxy) is 1. The van der Waals surface area contributed by atoms with E-state index in [-0.39, 0.29) is 22.2 Å². The molecule has 0 saturated heterocycles. The average Bonchev–Trinajstić information content (AvgIpc) is 2.69. The smallest absolute Gasteiger partial charge is 0.241 e. The van der Waals surface area contributed by atoms with Crippen molar-refractivity contribution >= 4 is 27.5 Å². The summed E-state index contributed by atoms with van der Waals surface area (Å²) in [5.41, 5.74) is 0.864. The van der Waals surface area contributed by atoms with Gasteiger partial charge >= 0.3 is 0 Å². The van der Waals surface area contributed by atoms with Gasteiger partial charge in [0.15, 0.2) is 0 Å². The Morgan fingerprint density at radius 1 is 1.14 bits per heavy atom. The lowest BCUT2D eigenvalue weighted by molar-refractivity contribution is -0.132. The van der Waals surface area contributed by atoms with E-state index in [2.05, 4.69) is 4.72 Å². The number of likely N-dealkylation sites (N-methyl/N-ethyl adjacent to an activating group) is 1. The van der Waals surface area contributed by atoms with Gasteiger partial charge in [0.2, 0.25) is 15.9 Å². The average molecular weight is 425 g/mol. The van der Waals surface area contributed by atoms with Gasteiger partial charge in [0.1, 0.15) is 11.8 Å². The highest BCUT2D eigenvalue weighted by atomic mass is 35.5. The molecule has 2 aromatic rings. The lowest BCUT2D eigenvalue weighted by atomic mass is 10.1. The number of carbonyl (C=O) groups excluding carboxylic acids is 1. The predicted octanol–water partition coefficient (Wildman–Crippen LogP) is 3.11. The Labute approximate surface area is 171 Å². The Morgan fingerprint density at radius 3 is 2.32 bits per heavy atom. The van der Waals surface area contributed by atoms with E-state index >= 15 is 0 Å². The molecule has 0 unspecified atom stereocenters. The molecule has 0 aliphatic carbocycles. The van der Waals surface area contributed by atoms with Crippen molar-refractivity contribution in [2.75, 3.05) is 20.2 Å². The molecule has 6 nitrogen and oxygen atoms in total. The summed E-state index contributed by atoms with van der Waals surface area (Å²) in [6, 6.07) is 12.6. The summed E-state index contributed by atoms with van der Waals surface area (Å²) >= 11 is 6.07. The molecule has 0 aromatic heterocycles. The maximum absolute atomic E-state index is 12.9. The van der Waals surface area contributed by atoms with Gasteiger partial charge in [0, 0.05) is 13.1 Å². The number of rotatable bonds is 9. The van der Waals surface area contributed by atoms with E-state index in [1.54, 1.807) is 4.90 Å². The largest absolute Gasteiger partial charge is 0.495 e. The molecule has 0 radical (unpaired) electrons. The van der Waals surface area contributed by atoms with Gasteiger partial charge in [-0.1, -0.05) is 41.9 Å². The van der Waals surface area contributed by atoms with Crippen LogP contribution in [0.25, 0.3) is 0 Å². The third kappa shape index (κ3) is 5.47. The number of carbonyl (C=O) groups is 1. The summed E-state index contributed by atoms with van der Waals surface area (Å²) in [6.45, 7) is 4.71. The van der Waals surface area contributed by atoms with Crippen LogP contribution in [0.2, 0.25) is 5.02 Å². The molecule has 8 heteroatoms. The molecule has 1 N–H and O–H groups in total. The fourth-order valence-corrected chi connectivity index (χ4v) is 4.39. The van der Waals surface area contributed by atoms with E-state index in [0.717, 1.165) is 5.56 Å². The van der Waals surface area contributed by atoms with Crippen LogP contribution in [0.3, 0.4) is 0 Å². The van der Waals surface area contributed by atoms with E-state index in [1.165, 1.54) is 25.3 Å². The zero-order valence-corrected chi connectivity index (χ0v) is 17.8. The van der Waals surface area contributed by atoms with E-state index in [0.29, 0.717) is 18.8 Å². The van der Waals surface area contributed by atoms with Gasteiger partial charge in [-0.05, 0) is 44.0 Å². The van der Waals surface area contributed by atoms with Gasteiger partial charge in [-0.25, -0.2) is 8.42 Å². The summed E-state index contributed by atoms with van der Waals surface area (Å²) in [6.07, 6.45) is 0.249. The Kier molecular flexibility index (Phi) is 7.86. The number of sulfonamides is 1. The van der Waals surface area contributed by atoms with Crippen LogP contribution >= 0.6 is 11.6 Å². The summed E-state index contributed by atoms with van der Waals surface area (Å²) in [5, 5.41) is 0.181. The van der Waals surface area contributed by atoms with Gasteiger partial charge in [0.25, 0.3) is 0 Å². The molecule has 1 amide bonds. The van der Waals surface area contributed by atoms with Gasteiger partial charge < -0.3 is 9.64 Å². The topological polar surface area (TPSA) is 75.7 Å². The van der Waals surface area contributed by atoms with Crippen molar-refractivity contribution in [2.45, 2.75) is 31.2 Å². The van der Waals surface area contributed by atoms with Crippen molar-refractivity contribution < 1.29 is 17.9 Å². The Balaban J connectivity index is 2.34. The second-order valence-corrected chi connectivity index (χ2v) is 8.29. The summed E-state index contributed by atoms with van der Waals surface area (Å²) in [5.74, 6) is 0.109. The monoisotopic (exact) mass is 424 g/mol. The minimum atomic E-state index is -3.96. The standard InChI is InChI=1S/C20H25ClN2O4S/c1-4-23(5-2)20(24)18(13-15-9-7-6-8-10-15)22-28(25,26)16-11-12-19(27-3)17(21)14-16/h6-12,14,18,22H,4-5,13H2,1-3H3/t18-/m1/s1. The number of hydrogen-bond donors (Lipinski definition) is 1. The fourth-order valence-electron chi connectivity index (χ4n) is 2.85. The van der Waals surface area contributed by atoms with Crippen molar-refractivity contribution in [3.05, 3.63) is 59.1 Å². The zero-order chi connectivity index (χ0) is 20.7. The second kappa shape index (κ2) is 9.91. The van der Waals surface area contributed by atoms with Crippen molar-refractivity contribution in [1.82, 2.24) is 9.62 Å². The minimum Gasteiger partial charge on any atom is -0.495 e. The number of halogens is 1. The molecule has 0 aliphatic rings. The first-order chi connectivity index (χ1) is 13.3. The number of benzene rings is 2. The maximum Gasteiger partial charge on any atom is 0.241 e. The van der Waals surface area contributed by atoms with E-state index in [1.807, 2.05) is 44.2 Å². The molecule has 2 rings (SSSR count). The molecular weight excluding hydrogens is 400 g/mol. The van der Waals surface area contributed by atoms with Crippen LogP contribution in [0.1, 0.15) is 19.4 Å². The van der Waals surface area contributed by atoms with E-state index in [9.17, 15) is 13.2 Å². The third-order valence-corrected chi connectivity index (χ3v) is 6.15. The van der Waals surface area contributed by atoms with Crippen LogP contribution in [0.5, 0.6) is 5.75 Å². The van der Waals surface area contributed by atoms with Crippen LogP contribution in [0.4, 0.5) is 0 Å². The molecule has 0 fully saturated rings. The molecule has 0 saturated carbocycles. The molecule has 0 aliphatic heterocycles. The summed E-state index contributed by atoms with van der Waals surface area (Å²) in [7, 11) is -2.51. The van der Waals surface area contributed by atoms with Crippen molar-refractivity contribution in [2.24, 2.45) is 0 Å². The lowest BCUT2D eigenvalue weighted by Crippen LogP contribution is -2.49. The highest BCUT2D eigenvalue weighted by molar-refractivity contribution is 7.89. The minimum absolute atomic E-state index is 0.0243. The summed E-state index contributed by atoms with van der Waals surface area (Å²) in [4.78, 5) is 14.5. The highest BCUT2D eigenvalue weighted by Gasteiger charge is 2.29. The first-order valence-corrected chi connectivity index (χ1v) is 10.9. The van der Waals surface area contributed by atoms with Crippen LogP contribution in [0, 0.1) is 0 Å². The van der Waals surface area contributed by atoms with Gasteiger partial charge in [0.05, 0.1) is 17.0 Å². The first kappa shape index (κ1) is 22.2. The van der Waals surface area contributed by atoms with Crippen molar-refractivity contribution in [1.29, 1.82) is 0 Å². The molecule has 0 spiro atoms. The van der Waals surface area contributed by atoms with Crippen LogP contribution in [0.15, 0.2) is 53.4 Å². The van der Waals surface area contributed by atoms with Crippen LogP contribution < -0.4 is 9.46 Å². The number of nitrogens with zero attached hydrogens (tertiary/aromatic N) is 1. The molecule has 152 valence electrons. The zero-order valence-electron chi connectivity index (χ0n) is 16.2. The van der Waals surface area contributed by atoms with Crippen molar-refractivity contribution in [3.63, 3.8) is 0 Å². The molecule has 2 aromatic carbocycles. The quantitative estimate of drug-likeness (QED) is 0.671. The van der Waals surface area contributed by atoms with Crippen LogP contribution in [-0.4, -0.2) is 45.5 Å². The van der Waals surface area contributed by atoms with Crippen molar-refractivity contribution in [3.8, 4) is 5.75 Å². The number of hydrogen-bond acceptors (Lipinski definition) is 4. The maximum atomic E-state index is 12.9. The fraction of sp³-hybridized carbons (Fsp3) is 0.350. The lowest BCUT2D eigenvalue weighted by Gasteiger charge is -2.26. The van der Waals surface area contributed by atoms with Crippen LogP contribution in [-0.2, 0) is 21.2 Å². The summed E-state index contributed by atoms with van der Waals surface area (Å²) < 4.78 is 33.4. The number of nitrogens with one attached hydrogen (secondary N) is 1. The Morgan fingerprint density at radius 2 is 1.79 bits per heavy atom. The molecule has 0 heterocycles. The predicted molar refractivity (Wildman–Crippen MR) is 110 cm³/mol. The highest BCUT2D eigenvalue weighted by Crippen LogP contribution is 2.27. The molecule has 28 heavy (non-hydrogen) atoms. The van der Waals surface area contributed by atoms with E-state index in [4.69, 9.17) is 16.3 Å². The number of methoxy groups -OCH3 is 1. The number of amides is 1. The van der Waals surface area contributed by atoms with Gasteiger partial charge in [-0.15, -0.1) is 0 Å². The first-order valence-electron chi connectivity index (χ1n) is 9.01. The van der Waals surface area contributed by atoms with E-state index < -0.39 is 16.1 Å².